The van der Waals surface area contributed by atoms with E-state index in [-0.39, 0.29) is 16.8 Å². The maximum absolute atomic E-state index is 12.0. The van der Waals surface area contributed by atoms with Gasteiger partial charge in [0.15, 0.2) is 22.2 Å². The van der Waals surface area contributed by atoms with Gasteiger partial charge in [0.05, 0.1) is 24.7 Å². The van der Waals surface area contributed by atoms with E-state index in [4.69, 9.17) is 16.3 Å². The number of fused-ring (bicyclic) bond motifs is 1. The highest BCUT2D eigenvalue weighted by Gasteiger charge is 2.20. The molecular formula is C16H17ClN8O2. The van der Waals surface area contributed by atoms with Gasteiger partial charge in [-0.25, -0.2) is 4.52 Å². The largest absolute Gasteiger partial charge is 0.493 e. The summed E-state index contributed by atoms with van der Waals surface area (Å²) < 4.78 is 7.11. The van der Waals surface area contributed by atoms with Crippen LogP contribution >= 0.6 is 11.6 Å². The molecule has 0 atom stereocenters. The van der Waals surface area contributed by atoms with Crippen molar-refractivity contribution in [2.45, 2.75) is 6.42 Å². The van der Waals surface area contributed by atoms with Crippen LogP contribution in [0.1, 0.15) is 16.9 Å². The number of hydrogen-bond donors (Lipinski definition) is 2. The molecule has 0 saturated carbocycles. The summed E-state index contributed by atoms with van der Waals surface area (Å²) in [6.45, 7) is 2.01. The number of carbonyl (C=O) groups excluding carboxylic acids is 1. The average Bonchev–Trinajstić information content (AvgIpc) is 3.01. The molecule has 10 nitrogen and oxygen atoms in total. The molecule has 2 N–H and O–H groups in total. The Morgan fingerprint density at radius 2 is 2.11 bits per heavy atom. The second-order valence-corrected chi connectivity index (χ2v) is 6.33. The minimum absolute atomic E-state index is 0.0917. The van der Waals surface area contributed by atoms with Gasteiger partial charge in [-0.05, 0) is 6.42 Å². The number of hydrogen-bond acceptors (Lipinski definition) is 8. The van der Waals surface area contributed by atoms with Crippen molar-refractivity contribution < 1.29 is 9.53 Å². The number of pyridine rings is 1. The highest BCUT2D eigenvalue weighted by atomic mass is 35.5. The highest BCUT2D eigenvalue weighted by Crippen LogP contribution is 2.29. The fourth-order valence-corrected chi connectivity index (χ4v) is 2.91. The van der Waals surface area contributed by atoms with Crippen molar-refractivity contribution in [3.05, 3.63) is 29.2 Å². The van der Waals surface area contributed by atoms with Gasteiger partial charge in [0.25, 0.3) is 5.91 Å². The topological polar surface area (TPSA) is 110 Å². The first-order chi connectivity index (χ1) is 13.1. The van der Waals surface area contributed by atoms with Crippen LogP contribution in [0.15, 0.2) is 18.3 Å². The monoisotopic (exact) mass is 388 g/mol. The van der Waals surface area contributed by atoms with Gasteiger partial charge in [-0.15, -0.1) is 15.3 Å². The standard InChI is InChI=1S/C16H17ClN8O2/c1-18-15(26)13-10(7-12(17)21-22-13)19-16-20-14-11(27-2)6-9(8-25(14)23-16)24-4-3-5-24/h6-8H,3-5H2,1-2H3,(H,18,26)(H,19,21,23). The minimum Gasteiger partial charge on any atom is -0.493 e. The normalized spacial score (nSPS) is 13.4. The molecule has 1 aliphatic rings. The molecule has 0 spiro atoms. The van der Waals surface area contributed by atoms with Crippen LogP contribution in [-0.4, -0.2) is 57.9 Å². The smallest absolute Gasteiger partial charge is 0.273 e. The number of aromatic nitrogens is 5. The first-order valence-electron chi connectivity index (χ1n) is 8.30. The zero-order valence-electron chi connectivity index (χ0n) is 14.7. The fourth-order valence-electron chi connectivity index (χ4n) is 2.76. The number of methoxy groups -OCH3 is 1. The molecule has 4 heterocycles. The van der Waals surface area contributed by atoms with E-state index >= 15 is 0 Å². The van der Waals surface area contributed by atoms with E-state index in [9.17, 15) is 4.79 Å². The maximum atomic E-state index is 12.0. The average molecular weight is 389 g/mol. The van der Waals surface area contributed by atoms with Crippen molar-refractivity contribution in [2.24, 2.45) is 0 Å². The molecule has 1 fully saturated rings. The Morgan fingerprint density at radius 3 is 2.78 bits per heavy atom. The molecule has 3 aromatic rings. The molecule has 0 unspecified atom stereocenters. The van der Waals surface area contributed by atoms with Gasteiger partial charge in [-0.3, -0.25) is 4.79 Å². The summed E-state index contributed by atoms with van der Waals surface area (Å²) in [5, 5.41) is 17.6. The summed E-state index contributed by atoms with van der Waals surface area (Å²) in [7, 11) is 3.10. The van der Waals surface area contributed by atoms with Crippen LogP contribution in [0.3, 0.4) is 0 Å². The number of nitrogens with one attached hydrogen (secondary N) is 2. The molecule has 0 aromatic carbocycles. The van der Waals surface area contributed by atoms with E-state index in [1.54, 1.807) is 11.6 Å². The second kappa shape index (κ2) is 6.88. The molecule has 140 valence electrons. The molecule has 0 radical (unpaired) electrons. The van der Waals surface area contributed by atoms with Crippen molar-refractivity contribution >= 4 is 40.5 Å². The van der Waals surface area contributed by atoms with Gasteiger partial charge >= 0.3 is 0 Å². The minimum atomic E-state index is -0.400. The van der Waals surface area contributed by atoms with E-state index < -0.39 is 5.91 Å². The number of rotatable bonds is 5. The quantitative estimate of drug-likeness (QED) is 0.676. The summed E-state index contributed by atoms with van der Waals surface area (Å²) >= 11 is 5.92. The van der Waals surface area contributed by atoms with Crippen molar-refractivity contribution in [3.63, 3.8) is 0 Å². The molecule has 1 saturated heterocycles. The predicted octanol–water partition coefficient (Wildman–Crippen LogP) is 1.49. The van der Waals surface area contributed by atoms with Crippen LogP contribution in [0.4, 0.5) is 17.3 Å². The van der Waals surface area contributed by atoms with Crippen LogP contribution < -0.4 is 20.3 Å². The van der Waals surface area contributed by atoms with E-state index in [0.717, 1.165) is 18.8 Å². The van der Waals surface area contributed by atoms with E-state index in [2.05, 4.69) is 35.8 Å². The summed E-state index contributed by atoms with van der Waals surface area (Å²) in [6.07, 6.45) is 3.06. The van der Waals surface area contributed by atoms with Gasteiger partial charge < -0.3 is 20.3 Å². The molecule has 4 rings (SSSR count). The Labute approximate surface area is 159 Å². The Balaban J connectivity index is 1.73. The van der Waals surface area contributed by atoms with Gasteiger partial charge in [-0.2, -0.15) is 4.98 Å². The lowest BCUT2D eigenvalue weighted by Gasteiger charge is -2.33. The predicted molar refractivity (Wildman–Crippen MR) is 100 cm³/mol. The molecule has 0 bridgehead atoms. The van der Waals surface area contributed by atoms with Gasteiger partial charge in [0.2, 0.25) is 5.95 Å². The molecule has 0 aliphatic carbocycles. The van der Waals surface area contributed by atoms with Crippen LogP contribution in [-0.2, 0) is 0 Å². The number of anilines is 3. The number of amides is 1. The lowest BCUT2D eigenvalue weighted by Crippen LogP contribution is -2.37. The van der Waals surface area contributed by atoms with Crippen molar-refractivity contribution in [1.82, 2.24) is 30.1 Å². The van der Waals surface area contributed by atoms with Gasteiger partial charge in [-0.1, -0.05) is 11.6 Å². The lowest BCUT2D eigenvalue weighted by atomic mass is 10.2. The first-order valence-corrected chi connectivity index (χ1v) is 8.68. The van der Waals surface area contributed by atoms with E-state index in [1.807, 2.05) is 12.3 Å². The van der Waals surface area contributed by atoms with Crippen molar-refractivity contribution in [2.75, 3.05) is 37.5 Å². The number of halogens is 1. The maximum Gasteiger partial charge on any atom is 0.273 e. The molecule has 1 aliphatic heterocycles. The van der Waals surface area contributed by atoms with Crippen LogP contribution in [0.2, 0.25) is 5.15 Å². The molecule has 1 amide bonds. The van der Waals surface area contributed by atoms with Crippen molar-refractivity contribution in [3.8, 4) is 5.75 Å². The van der Waals surface area contributed by atoms with Crippen LogP contribution in [0.25, 0.3) is 5.65 Å². The Kier molecular flexibility index (Phi) is 4.40. The van der Waals surface area contributed by atoms with Crippen LogP contribution in [0, 0.1) is 0 Å². The zero-order valence-corrected chi connectivity index (χ0v) is 15.5. The van der Waals surface area contributed by atoms with E-state index in [0.29, 0.717) is 17.1 Å². The third-order valence-corrected chi connectivity index (χ3v) is 4.46. The lowest BCUT2D eigenvalue weighted by molar-refractivity contribution is 0.0958. The van der Waals surface area contributed by atoms with Gasteiger partial charge in [0.1, 0.15) is 0 Å². The third-order valence-electron chi connectivity index (χ3n) is 4.28. The number of nitrogens with zero attached hydrogens (tertiary/aromatic N) is 6. The first kappa shape index (κ1) is 17.3. The number of ether oxygens (including phenoxy) is 1. The summed E-state index contributed by atoms with van der Waals surface area (Å²) in [6, 6.07) is 3.43. The Morgan fingerprint density at radius 1 is 1.30 bits per heavy atom. The van der Waals surface area contributed by atoms with Gasteiger partial charge in [0, 0.05) is 32.3 Å². The van der Waals surface area contributed by atoms with E-state index in [1.165, 1.54) is 19.5 Å². The molecular weight excluding hydrogens is 372 g/mol. The highest BCUT2D eigenvalue weighted by molar-refractivity contribution is 6.29. The summed E-state index contributed by atoms with van der Waals surface area (Å²) in [5.41, 5.74) is 2.02. The fraction of sp³-hybridized carbons (Fsp3) is 0.312. The SMILES string of the molecule is CNC(=O)c1nnc(Cl)cc1Nc1nc2c(OC)cc(N3CCC3)cn2n1. The molecule has 3 aromatic heterocycles. The number of carbonyl (C=O) groups is 1. The Hall–Kier alpha value is -3.14. The van der Waals surface area contributed by atoms with Crippen LogP contribution in [0.5, 0.6) is 5.75 Å². The van der Waals surface area contributed by atoms with Crippen molar-refractivity contribution in [1.29, 1.82) is 0 Å². The zero-order chi connectivity index (χ0) is 19.0. The summed E-state index contributed by atoms with van der Waals surface area (Å²) in [4.78, 5) is 18.7. The third kappa shape index (κ3) is 3.19. The molecule has 27 heavy (non-hydrogen) atoms. The Bertz CT molecular complexity index is 1020. The molecule has 11 heteroatoms. The summed E-state index contributed by atoms with van der Waals surface area (Å²) in [5.74, 6) is 0.490. The second-order valence-electron chi connectivity index (χ2n) is 5.94.